The Kier molecular flexibility index (Phi) is 6.37. The summed E-state index contributed by atoms with van der Waals surface area (Å²) in [5.74, 6) is 1.69. The average molecular weight is 331 g/mol. The second-order valence-corrected chi connectivity index (χ2v) is 6.17. The number of imidazole rings is 1. The highest BCUT2D eigenvalue weighted by Crippen LogP contribution is 2.15. The third-order valence-electron chi connectivity index (χ3n) is 3.55. The summed E-state index contributed by atoms with van der Waals surface area (Å²) >= 11 is 0. The number of hydrogen-bond acceptors (Lipinski definition) is 4. The number of carbonyl (C=O) groups excluding carboxylic acids is 1. The molecule has 2 rings (SSSR count). The Labute approximate surface area is 142 Å². The molecule has 1 aromatic carbocycles. The van der Waals surface area contributed by atoms with Crippen LogP contribution in [0, 0.1) is 5.92 Å². The van der Waals surface area contributed by atoms with E-state index >= 15 is 0 Å². The first-order valence-corrected chi connectivity index (χ1v) is 8.13. The monoisotopic (exact) mass is 331 g/mol. The van der Waals surface area contributed by atoms with E-state index in [2.05, 4.69) is 24.1 Å². The van der Waals surface area contributed by atoms with Crippen molar-refractivity contribution in [2.45, 2.75) is 46.6 Å². The van der Waals surface area contributed by atoms with Crippen LogP contribution in [0.5, 0.6) is 5.75 Å². The van der Waals surface area contributed by atoms with Crippen molar-refractivity contribution in [3.63, 3.8) is 0 Å². The minimum atomic E-state index is -0.632. The number of amides is 1. The van der Waals surface area contributed by atoms with Gasteiger partial charge in [0.25, 0.3) is 5.91 Å². The van der Waals surface area contributed by atoms with Crippen LogP contribution in [-0.4, -0.2) is 26.7 Å². The van der Waals surface area contributed by atoms with Gasteiger partial charge in [-0.2, -0.15) is 0 Å². The molecule has 0 aliphatic heterocycles. The van der Waals surface area contributed by atoms with E-state index < -0.39 is 6.10 Å². The van der Waals surface area contributed by atoms with E-state index in [9.17, 15) is 4.79 Å². The molecule has 130 valence electrons. The minimum absolute atomic E-state index is 0.0592. The second-order valence-electron chi connectivity index (χ2n) is 6.17. The standard InChI is InChI=1S/C18H25N3O3/c1-13(2)11-21-8-7-19-17(21)10-20-18(23)14(3)24-16-6-4-5-15(9-16)12-22/h4-9,13-14,22H,10-12H2,1-3H3,(H,20,23). The lowest BCUT2D eigenvalue weighted by molar-refractivity contribution is -0.127. The number of hydrogen-bond donors (Lipinski definition) is 2. The molecule has 1 atom stereocenters. The molecule has 1 heterocycles. The maximum atomic E-state index is 12.2. The van der Waals surface area contributed by atoms with Crippen LogP contribution in [0.3, 0.4) is 0 Å². The Hall–Kier alpha value is -2.34. The Bertz CT molecular complexity index is 667. The van der Waals surface area contributed by atoms with Gasteiger partial charge in [0, 0.05) is 18.9 Å². The number of aliphatic hydroxyl groups excluding tert-OH is 1. The fraction of sp³-hybridized carbons (Fsp3) is 0.444. The Morgan fingerprint density at radius 2 is 2.17 bits per heavy atom. The second kappa shape index (κ2) is 8.49. The van der Waals surface area contributed by atoms with Crippen molar-refractivity contribution in [1.29, 1.82) is 0 Å². The van der Waals surface area contributed by atoms with Gasteiger partial charge in [0.15, 0.2) is 6.10 Å². The predicted octanol–water partition coefficient (Wildman–Crippen LogP) is 2.12. The van der Waals surface area contributed by atoms with Crippen LogP contribution in [-0.2, 0) is 24.5 Å². The van der Waals surface area contributed by atoms with Crippen molar-refractivity contribution in [3.8, 4) is 5.75 Å². The fourth-order valence-corrected chi connectivity index (χ4v) is 2.35. The lowest BCUT2D eigenvalue weighted by Gasteiger charge is -2.16. The van der Waals surface area contributed by atoms with Crippen molar-refractivity contribution in [2.75, 3.05) is 0 Å². The van der Waals surface area contributed by atoms with E-state index in [0.717, 1.165) is 17.9 Å². The van der Waals surface area contributed by atoms with Crippen molar-refractivity contribution in [1.82, 2.24) is 14.9 Å². The van der Waals surface area contributed by atoms with Gasteiger partial charge in [-0.1, -0.05) is 26.0 Å². The SMILES string of the molecule is CC(C)Cn1ccnc1CNC(=O)C(C)Oc1cccc(CO)c1. The number of carbonyl (C=O) groups is 1. The van der Waals surface area contributed by atoms with Crippen molar-refractivity contribution >= 4 is 5.91 Å². The van der Waals surface area contributed by atoms with E-state index in [-0.39, 0.29) is 12.5 Å². The van der Waals surface area contributed by atoms with Crippen LogP contribution in [0.1, 0.15) is 32.2 Å². The smallest absolute Gasteiger partial charge is 0.261 e. The first-order valence-electron chi connectivity index (χ1n) is 8.13. The molecule has 0 saturated carbocycles. The summed E-state index contributed by atoms with van der Waals surface area (Å²) < 4.78 is 7.68. The number of ether oxygens (including phenoxy) is 1. The molecule has 6 heteroatoms. The Morgan fingerprint density at radius 3 is 2.88 bits per heavy atom. The number of aromatic nitrogens is 2. The molecule has 0 radical (unpaired) electrons. The highest BCUT2D eigenvalue weighted by atomic mass is 16.5. The summed E-state index contributed by atoms with van der Waals surface area (Å²) in [6.07, 6.45) is 3.03. The van der Waals surface area contributed by atoms with Gasteiger partial charge in [-0.3, -0.25) is 4.79 Å². The van der Waals surface area contributed by atoms with Gasteiger partial charge in [-0.05, 0) is 30.5 Å². The lowest BCUT2D eigenvalue weighted by atomic mass is 10.2. The Balaban J connectivity index is 1.89. The zero-order chi connectivity index (χ0) is 17.5. The minimum Gasteiger partial charge on any atom is -0.481 e. The van der Waals surface area contributed by atoms with Crippen molar-refractivity contribution in [2.24, 2.45) is 5.92 Å². The molecular weight excluding hydrogens is 306 g/mol. The molecule has 0 aliphatic carbocycles. The average Bonchev–Trinajstić information content (AvgIpc) is 2.99. The van der Waals surface area contributed by atoms with E-state index in [1.54, 1.807) is 37.4 Å². The molecule has 6 nitrogen and oxygen atoms in total. The summed E-state index contributed by atoms with van der Waals surface area (Å²) in [6.45, 7) is 7.14. The third kappa shape index (κ3) is 5.09. The molecule has 24 heavy (non-hydrogen) atoms. The largest absolute Gasteiger partial charge is 0.481 e. The summed E-state index contributed by atoms with van der Waals surface area (Å²) in [5.41, 5.74) is 0.746. The summed E-state index contributed by atoms with van der Waals surface area (Å²) in [7, 11) is 0. The topological polar surface area (TPSA) is 76.4 Å². The molecule has 1 unspecified atom stereocenters. The normalized spacial score (nSPS) is 12.2. The van der Waals surface area contributed by atoms with E-state index in [1.807, 2.05) is 10.8 Å². The first kappa shape index (κ1) is 18.0. The number of benzene rings is 1. The van der Waals surface area contributed by atoms with Crippen LogP contribution in [0.15, 0.2) is 36.7 Å². The molecule has 0 fully saturated rings. The summed E-state index contributed by atoms with van der Waals surface area (Å²) in [4.78, 5) is 16.5. The van der Waals surface area contributed by atoms with Gasteiger partial charge in [0.2, 0.25) is 0 Å². The molecule has 0 saturated heterocycles. The van der Waals surface area contributed by atoms with Gasteiger partial charge >= 0.3 is 0 Å². The predicted molar refractivity (Wildman–Crippen MR) is 91.4 cm³/mol. The maximum absolute atomic E-state index is 12.2. The van der Waals surface area contributed by atoms with Gasteiger partial charge in [0.05, 0.1) is 13.2 Å². The molecule has 1 amide bonds. The molecule has 0 aliphatic rings. The van der Waals surface area contributed by atoms with Crippen molar-refractivity contribution in [3.05, 3.63) is 48.0 Å². The number of aliphatic hydroxyl groups is 1. The van der Waals surface area contributed by atoms with Crippen LogP contribution in [0.4, 0.5) is 0 Å². The van der Waals surface area contributed by atoms with Gasteiger partial charge < -0.3 is 19.7 Å². The quantitative estimate of drug-likeness (QED) is 0.777. The molecule has 2 aromatic rings. The van der Waals surface area contributed by atoms with Crippen molar-refractivity contribution < 1.29 is 14.6 Å². The van der Waals surface area contributed by atoms with E-state index in [0.29, 0.717) is 18.2 Å². The van der Waals surface area contributed by atoms with Gasteiger partial charge in [-0.25, -0.2) is 4.98 Å². The number of nitrogens with zero attached hydrogens (tertiary/aromatic N) is 2. The van der Waals surface area contributed by atoms with Crippen LogP contribution in [0.2, 0.25) is 0 Å². The van der Waals surface area contributed by atoms with Crippen LogP contribution >= 0.6 is 0 Å². The fourth-order valence-electron chi connectivity index (χ4n) is 2.35. The highest BCUT2D eigenvalue weighted by Gasteiger charge is 2.15. The molecule has 2 N–H and O–H groups in total. The summed E-state index contributed by atoms with van der Waals surface area (Å²) in [6, 6.07) is 7.07. The molecule has 0 spiro atoms. The van der Waals surface area contributed by atoms with Gasteiger partial charge in [0.1, 0.15) is 11.6 Å². The summed E-state index contributed by atoms with van der Waals surface area (Å²) in [5, 5.41) is 12.0. The highest BCUT2D eigenvalue weighted by molar-refractivity contribution is 5.80. The third-order valence-corrected chi connectivity index (χ3v) is 3.55. The van der Waals surface area contributed by atoms with Crippen LogP contribution < -0.4 is 10.1 Å². The van der Waals surface area contributed by atoms with E-state index in [1.165, 1.54) is 0 Å². The Morgan fingerprint density at radius 1 is 1.38 bits per heavy atom. The maximum Gasteiger partial charge on any atom is 0.261 e. The zero-order valence-corrected chi connectivity index (χ0v) is 14.4. The molecule has 0 bridgehead atoms. The number of rotatable bonds is 8. The van der Waals surface area contributed by atoms with Gasteiger partial charge in [-0.15, -0.1) is 0 Å². The first-order chi connectivity index (χ1) is 11.5. The van der Waals surface area contributed by atoms with Crippen LogP contribution in [0.25, 0.3) is 0 Å². The molecule has 1 aromatic heterocycles. The lowest BCUT2D eigenvalue weighted by Crippen LogP contribution is -2.36. The number of nitrogens with one attached hydrogen (secondary N) is 1. The zero-order valence-electron chi connectivity index (χ0n) is 14.4. The van der Waals surface area contributed by atoms with E-state index in [4.69, 9.17) is 9.84 Å². The molecular formula is C18H25N3O3.